The molecule has 7 heteroatoms. The Morgan fingerprint density at radius 3 is 2.96 bits per heavy atom. The zero-order valence-electron chi connectivity index (χ0n) is 14.1. The molecule has 2 saturated carbocycles. The molecular formula is C18H20N6O. The van der Waals surface area contributed by atoms with Crippen molar-refractivity contribution in [2.75, 3.05) is 18.0 Å². The lowest BCUT2D eigenvalue weighted by Crippen LogP contribution is -2.32. The zero-order chi connectivity index (χ0) is 16.9. The van der Waals surface area contributed by atoms with Crippen molar-refractivity contribution in [2.45, 2.75) is 43.9 Å². The van der Waals surface area contributed by atoms with E-state index < -0.39 is 0 Å². The molecular weight excluding hydrogens is 316 g/mol. The first-order valence-corrected chi connectivity index (χ1v) is 9.07. The second-order valence-corrected chi connectivity index (χ2v) is 7.66. The lowest BCUT2D eigenvalue weighted by Gasteiger charge is -2.24. The molecule has 3 fully saturated rings. The third kappa shape index (κ3) is 2.48. The van der Waals surface area contributed by atoms with Crippen LogP contribution in [-0.4, -0.2) is 33.2 Å². The van der Waals surface area contributed by atoms with E-state index in [1.54, 1.807) is 6.20 Å². The number of nitriles is 1. The Kier molecular flexibility index (Phi) is 3.27. The van der Waals surface area contributed by atoms with Gasteiger partial charge in [-0.1, -0.05) is 11.6 Å². The largest absolute Gasteiger partial charge is 0.354 e. The lowest BCUT2D eigenvalue weighted by molar-refractivity contribution is 0.265. The van der Waals surface area contributed by atoms with Crippen molar-refractivity contribution in [2.24, 2.45) is 11.8 Å². The van der Waals surface area contributed by atoms with E-state index in [0.717, 1.165) is 49.4 Å². The summed E-state index contributed by atoms with van der Waals surface area (Å²) in [6.07, 6.45) is 10.2. The highest BCUT2D eigenvalue weighted by Gasteiger charge is 2.54. The Morgan fingerprint density at radius 1 is 1.28 bits per heavy atom. The molecule has 0 aromatic carbocycles. The highest BCUT2D eigenvalue weighted by Crippen LogP contribution is 2.50. The molecule has 5 rings (SSSR count). The number of anilines is 1. The van der Waals surface area contributed by atoms with Crippen LogP contribution in [0.5, 0.6) is 0 Å². The van der Waals surface area contributed by atoms with Gasteiger partial charge in [-0.05, 0) is 37.5 Å². The van der Waals surface area contributed by atoms with E-state index in [9.17, 15) is 0 Å². The third-order valence-corrected chi connectivity index (χ3v) is 6.01. The van der Waals surface area contributed by atoms with Crippen LogP contribution in [0.15, 0.2) is 16.9 Å². The highest BCUT2D eigenvalue weighted by molar-refractivity contribution is 5.42. The fourth-order valence-electron chi connectivity index (χ4n) is 4.47. The second kappa shape index (κ2) is 5.51. The Balaban J connectivity index is 1.41. The monoisotopic (exact) mass is 336 g/mol. The minimum Gasteiger partial charge on any atom is -0.354 e. The number of nitrogens with zero attached hydrogens (tertiary/aromatic N) is 6. The van der Waals surface area contributed by atoms with Gasteiger partial charge >= 0.3 is 0 Å². The van der Waals surface area contributed by atoms with Gasteiger partial charge in [0.1, 0.15) is 11.9 Å². The topological polar surface area (TPSA) is 91.7 Å². The first kappa shape index (κ1) is 14.8. The van der Waals surface area contributed by atoms with Gasteiger partial charge in [0.2, 0.25) is 5.89 Å². The maximum Gasteiger partial charge on any atom is 0.235 e. The Morgan fingerprint density at radius 2 is 2.20 bits per heavy atom. The molecule has 2 atom stereocenters. The summed E-state index contributed by atoms with van der Waals surface area (Å²) in [5.74, 6) is 3.78. The lowest BCUT2D eigenvalue weighted by atomic mass is 9.80. The van der Waals surface area contributed by atoms with E-state index in [0.29, 0.717) is 11.6 Å². The molecule has 128 valence electrons. The van der Waals surface area contributed by atoms with Gasteiger partial charge in [-0.2, -0.15) is 10.2 Å². The maximum absolute atomic E-state index is 8.89. The molecule has 0 spiro atoms. The van der Waals surface area contributed by atoms with Gasteiger partial charge in [0, 0.05) is 19.5 Å². The Hall–Kier alpha value is -2.49. The molecule has 0 unspecified atom stereocenters. The summed E-state index contributed by atoms with van der Waals surface area (Å²) in [6, 6.07) is 2.02. The van der Waals surface area contributed by atoms with Gasteiger partial charge < -0.3 is 9.42 Å². The number of hydrogen-bond donors (Lipinski definition) is 0. The van der Waals surface area contributed by atoms with Gasteiger partial charge in [-0.15, -0.1) is 0 Å². The summed E-state index contributed by atoms with van der Waals surface area (Å²) in [6.45, 7) is 1.77. The van der Waals surface area contributed by atoms with Gasteiger partial charge in [-0.3, -0.25) is 0 Å². The molecule has 25 heavy (non-hydrogen) atoms. The molecule has 2 aliphatic carbocycles. The van der Waals surface area contributed by atoms with Crippen molar-refractivity contribution >= 4 is 5.82 Å². The normalized spacial score (nSPS) is 28.1. The van der Waals surface area contributed by atoms with Crippen LogP contribution >= 0.6 is 0 Å². The summed E-state index contributed by atoms with van der Waals surface area (Å²) >= 11 is 0. The molecule has 7 nitrogen and oxygen atoms in total. The number of aromatic nitrogens is 4. The molecule has 1 saturated heterocycles. The molecule has 2 aromatic heterocycles. The fraction of sp³-hybridized carbons (Fsp3) is 0.611. The van der Waals surface area contributed by atoms with Crippen LogP contribution in [0.2, 0.25) is 0 Å². The summed E-state index contributed by atoms with van der Waals surface area (Å²) in [5, 5.41) is 13.1. The van der Waals surface area contributed by atoms with E-state index in [1.165, 1.54) is 31.9 Å². The fourth-order valence-corrected chi connectivity index (χ4v) is 4.47. The van der Waals surface area contributed by atoms with Crippen molar-refractivity contribution in [1.82, 2.24) is 20.1 Å². The van der Waals surface area contributed by atoms with E-state index in [4.69, 9.17) is 14.8 Å². The van der Waals surface area contributed by atoms with Crippen molar-refractivity contribution in [1.29, 1.82) is 5.26 Å². The predicted molar refractivity (Wildman–Crippen MR) is 88.7 cm³/mol. The van der Waals surface area contributed by atoms with Gasteiger partial charge in [-0.25, -0.2) is 9.97 Å². The van der Waals surface area contributed by atoms with E-state index in [1.807, 2.05) is 6.07 Å². The van der Waals surface area contributed by atoms with Crippen LogP contribution in [0.3, 0.4) is 0 Å². The van der Waals surface area contributed by atoms with Crippen molar-refractivity contribution < 1.29 is 4.52 Å². The molecule has 1 aliphatic heterocycles. The number of fused-ring (bicyclic) bond motifs is 1. The standard InChI is InChI=1S/C18H20N6O/c19-7-14-8-21-16(9-20-14)24-10-13-2-1-5-18(13,11-24)17-22-15(23-25-17)6-12-3-4-12/h8-9,12-13H,1-6,10-11H2/t13-,18-/m1/s1. The average Bonchev–Trinajstić information content (AvgIpc) is 3.03. The molecule has 0 radical (unpaired) electrons. The van der Waals surface area contributed by atoms with Crippen molar-refractivity contribution in [3.8, 4) is 6.07 Å². The second-order valence-electron chi connectivity index (χ2n) is 7.66. The highest BCUT2D eigenvalue weighted by atomic mass is 16.5. The molecule has 0 N–H and O–H groups in total. The molecule has 3 aliphatic rings. The Bertz CT molecular complexity index is 821. The van der Waals surface area contributed by atoms with Crippen LogP contribution < -0.4 is 4.90 Å². The van der Waals surface area contributed by atoms with Gasteiger partial charge in [0.15, 0.2) is 11.5 Å². The minimum absolute atomic E-state index is 0.0512. The van der Waals surface area contributed by atoms with Crippen molar-refractivity contribution in [3.05, 3.63) is 29.8 Å². The first-order valence-electron chi connectivity index (χ1n) is 9.07. The quantitative estimate of drug-likeness (QED) is 0.845. The van der Waals surface area contributed by atoms with Gasteiger partial charge in [0.25, 0.3) is 0 Å². The van der Waals surface area contributed by atoms with E-state index in [2.05, 4.69) is 20.0 Å². The summed E-state index contributed by atoms with van der Waals surface area (Å²) < 4.78 is 5.74. The minimum atomic E-state index is -0.0512. The maximum atomic E-state index is 8.89. The predicted octanol–water partition coefficient (Wildman–Crippen LogP) is 2.24. The molecule has 3 heterocycles. The van der Waals surface area contributed by atoms with E-state index >= 15 is 0 Å². The number of hydrogen-bond acceptors (Lipinski definition) is 7. The van der Waals surface area contributed by atoms with Crippen LogP contribution in [-0.2, 0) is 11.8 Å². The zero-order valence-corrected chi connectivity index (χ0v) is 14.1. The SMILES string of the molecule is N#Cc1cnc(N2C[C@H]3CCC[C@@]3(c3nc(CC4CC4)no3)C2)cn1. The van der Waals surface area contributed by atoms with Crippen molar-refractivity contribution in [3.63, 3.8) is 0 Å². The average molecular weight is 336 g/mol. The molecule has 2 aromatic rings. The van der Waals surface area contributed by atoms with Crippen LogP contribution in [0.1, 0.15) is 49.5 Å². The van der Waals surface area contributed by atoms with E-state index in [-0.39, 0.29) is 5.41 Å². The summed E-state index contributed by atoms with van der Waals surface area (Å²) in [5.41, 5.74) is 0.296. The molecule has 0 bridgehead atoms. The number of rotatable bonds is 4. The third-order valence-electron chi connectivity index (χ3n) is 6.01. The first-order chi connectivity index (χ1) is 12.3. The summed E-state index contributed by atoms with van der Waals surface area (Å²) in [4.78, 5) is 15.6. The van der Waals surface area contributed by atoms with Crippen LogP contribution in [0, 0.1) is 23.2 Å². The smallest absolute Gasteiger partial charge is 0.235 e. The van der Waals surface area contributed by atoms with Crippen LogP contribution in [0.25, 0.3) is 0 Å². The summed E-state index contributed by atoms with van der Waals surface area (Å²) in [7, 11) is 0. The van der Waals surface area contributed by atoms with Gasteiger partial charge in [0.05, 0.1) is 17.8 Å². The Labute approximate surface area is 146 Å². The van der Waals surface area contributed by atoms with Crippen LogP contribution in [0.4, 0.5) is 5.82 Å². The molecule has 0 amide bonds.